The van der Waals surface area contributed by atoms with Crippen molar-refractivity contribution in [3.63, 3.8) is 0 Å². The number of rotatable bonds is 4. The first-order valence-corrected chi connectivity index (χ1v) is 9.46. The van der Waals surface area contributed by atoms with Crippen LogP contribution in [0.15, 0.2) is 21.5 Å². The average molecular weight is 398 g/mol. The molecule has 0 bridgehead atoms. The highest BCUT2D eigenvalue weighted by atomic mass is 79.9. The van der Waals surface area contributed by atoms with Gasteiger partial charge in [0.2, 0.25) is 0 Å². The lowest BCUT2D eigenvalue weighted by atomic mass is 10.2. The molecule has 1 aromatic carbocycles. The maximum atomic E-state index is 12.1. The van der Waals surface area contributed by atoms with Gasteiger partial charge in [-0.1, -0.05) is 0 Å². The van der Waals surface area contributed by atoms with Gasteiger partial charge in [0.1, 0.15) is 11.0 Å². The maximum absolute atomic E-state index is 12.1. The third-order valence-electron chi connectivity index (χ3n) is 3.29. The van der Waals surface area contributed by atoms with E-state index < -0.39 is 15.0 Å². The van der Waals surface area contributed by atoms with Crippen LogP contribution < -0.4 is 4.74 Å². The summed E-state index contributed by atoms with van der Waals surface area (Å²) >= 11 is 3.18. The van der Waals surface area contributed by atoms with Gasteiger partial charge in [-0.05, 0) is 53.7 Å². The zero-order valence-electron chi connectivity index (χ0n) is 11.3. The van der Waals surface area contributed by atoms with Crippen LogP contribution in [-0.2, 0) is 13.8 Å². The van der Waals surface area contributed by atoms with E-state index in [0.29, 0.717) is 4.47 Å². The van der Waals surface area contributed by atoms with E-state index in [2.05, 4.69) is 15.9 Å². The lowest BCUT2D eigenvalue weighted by Crippen LogP contribution is -2.15. The highest BCUT2D eigenvalue weighted by molar-refractivity contribution is 9.10. The van der Waals surface area contributed by atoms with Crippen LogP contribution in [0, 0.1) is 0 Å². The topological polar surface area (TPSA) is 69.7 Å². The smallest absolute Gasteiger partial charge is 0.338 e. The number of hydrogen-bond acceptors (Lipinski definition) is 5. The summed E-state index contributed by atoms with van der Waals surface area (Å²) in [6, 6.07) is 2.63. The summed E-state index contributed by atoms with van der Waals surface area (Å²) in [5.41, 5.74) is 0.119. The molecule has 1 aromatic rings. The van der Waals surface area contributed by atoms with Gasteiger partial charge in [0.05, 0.1) is 17.1 Å². The van der Waals surface area contributed by atoms with Crippen LogP contribution in [0.25, 0.3) is 0 Å². The summed E-state index contributed by atoms with van der Waals surface area (Å²) in [7, 11) is 2.66. The van der Waals surface area contributed by atoms with E-state index in [1.807, 2.05) is 0 Å². The van der Waals surface area contributed by atoms with Crippen molar-refractivity contribution < 1.29 is 22.7 Å². The number of carbonyl (C=O) groups is 1. The van der Waals surface area contributed by atoms with Gasteiger partial charge in [-0.25, -0.2) is 13.2 Å². The van der Waals surface area contributed by atoms with Crippen LogP contribution in [0.1, 0.15) is 36.0 Å². The molecule has 0 N–H and O–H groups in total. The molecule has 21 heavy (non-hydrogen) atoms. The normalized spacial score (nSPS) is 16.0. The fourth-order valence-electron chi connectivity index (χ4n) is 2.29. The van der Waals surface area contributed by atoms with Crippen LogP contribution >= 0.6 is 26.6 Å². The first-order chi connectivity index (χ1) is 9.82. The summed E-state index contributed by atoms with van der Waals surface area (Å²) in [4.78, 5) is 11.8. The largest absolute Gasteiger partial charge is 0.494 e. The fraction of sp³-hybridized carbons (Fsp3) is 0.462. The fourth-order valence-corrected chi connectivity index (χ4v) is 4.07. The van der Waals surface area contributed by atoms with Gasteiger partial charge in [0.25, 0.3) is 9.05 Å². The molecule has 0 atom stereocenters. The Kier molecular flexibility index (Phi) is 5.16. The van der Waals surface area contributed by atoms with E-state index in [1.165, 1.54) is 19.2 Å². The van der Waals surface area contributed by atoms with Gasteiger partial charge in [-0.2, -0.15) is 0 Å². The van der Waals surface area contributed by atoms with E-state index in [9.17, 15) is 13.2 Å². The van der Waals surface area contributed by atoms with Crippen molar-refractivity contribution in [3.05, 3.63) is 22.2 Å². The van der Waals surface area contributed by atoms with Gasteiger partial charge in [-0.15, -0.1) is 0 Å². The molecule has 0 heterocycles. The number of hydrogen-bond donors (Lipinski definition) is 0. The molecule has 0 aromatic heterocycles. The molecule has 0 amide bonds. The Bertz CT molecular complexity index is 653. The van der Waals surface area contributed by atoms with Gasteiger partial charge in [0.15, 0.2) is 5.75 Å². The second-order valence-electron chi connectivity index (χ2n) is 4.74. The zero-order valence-corrected chi connectivity index (χ0v) is 14.4. The molecule has 1 aliphatic rings. The lowest BCUT2D eigenvalue weighted by Gasteiger charge is -2.13. The Balaban J connectivity index is 2.36. The van der Waals surface area contributed by atoms with Crippen LogP contribution in [0.3, 0.4) is 0 Å². The summed E-state index contributed by atoms with van der Waals surface area (Å²) in [5, 5.41) is 0. The molecular formula is C13H14BrClO5S. The molecule has 5 nitrogen and oxygen atoms in total. The van der Waals surface area contributed by atoms with Crippen LogP contribution in [0.5, 0.6) is 5.75 Å². The molecule has 116 valence electrons. The minimum Gasteiger partial charge on any atom is -0.494 e. The Morgan fingerprint density at radius 3 is 2.48 bits per heavy atom. The Morgan fingerprint density at radius 2 is 1.95 bits per heavy atom. The third kappa shape index (κ3) is 3.90. The highest BCUT2D eigenvalue weighted by Gasteiger charge is 2.25. The quantitative estimate of drug-likeness (QED) is 0.574. The first kappa shape index (κ1) is 16.6. The Labute approximate surface area is 136 Å². The van der Waals surface area contributed by atoms with Crippen molar-refractivity contribution in [1.29, 1.82) is 0 Å². The molecule has 0 aliphatic heterocycles. The molecule has 2 rings (SSSR count). The summed E-state index contributed by atoms with van der Waals surface area (Å²) in [5.74, 6) is -0.505. The van der Waals surface area contributed by atoms with E-state index in [4.69, 9.17) is 20.2 Å². The molecule has 8 heteroatoms. The molecule has 0 unspecified atom stereocenters. The number of methoxy groups -OCH3 is 1. The summed E-state index contributed by atoms with van der Waals surface area (Å²) in [6.45, 7) is 0. The number of ether oxygens (including phenoxy) is 2. The van der Waals surface area contributed by atoms with Gasteiger partial charge >= 0.3 is 5.97 Å². The van der Waals surface area contributed by atoms with Crippen molar-refractivity contribution >= 4 is 41.6 Å². The molecule has 0 saturated heterocycles. The maximum Gasteiger partial charge on any atom is 0.338 e. The van der Waals surface area contributed by atoms with Crippen LogP contribution in [0.4, 0.5) is 0 Å². The summed E-state index contributed by atoms with van der Waals surface area (Å²) in [6.07, 6.45) is 3.64. The standard InChI is InChI=1S/C13H14BrClO5S/c1-19-12-10(14)6-8(7-11(12)21(15,17)18)13(16)20-9-4-2-3-5-9/h6-7,9H,2-5H2,1H3. The number of esters is 1. The first-order valence-electron chi connectivity index (χ1n) is 6.36. The van der Waals surface area contributed by atoms with Gasteiger partial charge in [0, 0.05) is 10.7 Å². The molecule has 0 spiro atoms. The number of carbonyl (C=O) groups excluding carboxylic acids is 1. The van der Waals surface area contributed by atoms with Crippen molar-refractivity contribution in [2.24, 2.45) is 0 Å². The van der Waals surface area contributed by atoms with E-state index >= 15 is 0 Å². The molecule has 1 saturated carbocycles. The van der Waals surface area contributed by atoms with E-state index in [1.54, 1.807) is 0 Å². The van der Waals surface area contributed by atoms with Crippen molar-refractivity contribution in [1.82, 2.24) is 0 Å². The molecular weight excluding hydrogens is 384 g/mol. The molecule has 1 fully saturated rings. The second kappa shape index (κ2) is 6.54. The lowest BCUT2D eigenvalue weighted by molar-refractivity contribution is 0.0317. The van der Waals surface area contributed by atoms with E-state index in [-0.39, 0.29) is 22.3 Å². The second-order valence-corrected chi connectivity index (χ2v) is 8.13. The van der Waals surface area contributed by atoms with Gasteiger partial charge < -0.3 is 9.47 Å². The average Bonchev–Trinajstić information content (AvgIpc) is 2.89. The predicted molar refractivity (Wildman–Crippen MR) is 81.4 cm³/mol. The zero-order chi connectivity index (χ0) is 15.6. The van der Waals surface area contributed by atoms with Crippen molar-refractivity contribution in [2.75, 3.05) is 7.11 Å². The van der Waals surface area contributed by atoms with Crippen molar-refractivity contribution in [2.45, 2.75) is 36.7 Å². The third-order valence-corrected chi connectivity index (χ3v) is 5.20. The number of halogens is 2. The number of benzene rings is 1. The minimum atomic E-state index is -4.04. The van der Waals surface area contributed by atoms with Crippen LogP contribution in [0.2, 0.25) is 0 Å². The van der Waals surface area contributed by atoms with Crippen LogP contribution in [-0.4, -0.2) is 27.6 Å². The molecule has 0 radical (unpaired) electrons. The monoisotopic (exact) mass is 396 g/mol. The SMILES string of the molecule is COc1c(Br)cc(C(=O)OC2CCCC2)cc1S(=O)(=O)Cl. The van der Waals surface area contributed by atoms with Gasteiger partial charge in [-0.3, -0.25) is 0 Å². The highest BCUT2D eigenvalue weighted by Crippen LogP contribution is 2.36. The molecule has 1 aliphatic carbocycles. The van der Waals surface area contributed by atoms with E-state index in [0.717, 1.165) is 25.7 Å². The minimum absolute atomic E-state index is 0.0578. The summed E-state index contributed by atoms with van der Waals surface area (Å²) < 4.78 is 33.9. The Morgan fingerprint density at radius 1 is 1.33 bits per heavy atom. The van der Waals surface area contributed by atoms with Crippen molar-refractivity contribution in [3.8, 4) is 5.75 Å². The predicted octanol–water partition coefficient (Wildman–Crippen LogP) is 3.48. The Hall–Kier alpha value is -0.790.